The summed E-state index contributed by atoms with van der Waals surface area (Å²) in [6, 6.07) is 16.5. The predicted molar refractivity (Wildman–Crippen MR) is 90.5 cm³/mol. The van der Waals surface area contributed by atoms with E-state index >= 15 is 0 Å². The molecule has 3 aromatic rings. The van der Waals surface area contributed by atoms with Crippen LogP contribution < -0.4 is 10.6 Å². The van der Waals surface area contributed by atoms with Crippen molar-refractivity contribution in [2.45, 2.75) is 24.9 Å². The van der Waals surface area contributed by atoms with Gasteiger partial charge in [0.25, 0.3) is 5.91 Å². The number of hydrogen-bond acceptors (Lipinski definition) is 2. The second-order valence-electron chi connectivity index (χ2n) is 6.52. The van der Waals surface area contributed by atoms with Gasteiger partial charge in [0.1, 0.15) is 0 Å². The van der Waals surface area contributed by atoms with Crippen molar-refractivity contribution in [3.63, 3.8) is 0 Å². The van der Waals surface area contributed by atoms with Crippen LogP contribution in [-0.4, -0.2) is 16.9 Å². The van der Waals surface area contributed by atoms with Gasteiger partial charge in [-0.15, -0.1) is 0 Å². The molecule has 1 amide bonds. The Morgan fingerprint density at radius 3 is 2.78 bits per heavy atom. The van der Waals surface area contributed by atoms with Gasteiger partial charge in [-0.2, -0.15) is 0 Å². The molecule has 0 bridgehead atoms. The lowest BCUT2D eigenvalue weighted by Gasteiger charge is -2.37. The van der Waals surface area contributed by atoms with Crippen LogP contribution in [0, 0.1) is 0 Å². The Hall–Kier alpha value is -2.59. The van der Waals surface area contributed by atoms with Crippen LogP contribution in [0.3, 0.4) is 0 Å². The highest BCUT2D eigenvalue weighted by Gasteiger charge is 2.53. The molecule has 4 heteroatoms. The molecule has 2 atom stereocenters. The minimum Gasteiger partial charge on any atom is -0.356 e. The molecular formula is C19H17N3O. The molecule has 2 aromatic carbocycles. The number of rotatable bonds is 0. The lowest BCUT2D eigenvalue weighted by Crippen LogP contribution is -2.56. The Bertz CT molecular complexity index is 958. The van der Waals surface area contributed by atoms with E-state index in [4.69, 9.17) is 0 Å². The summed E-state index contributed by atoms with van der Waals surface area (Å²) in [5.41, 5.74) is 4.40. The Kier molecular flexibility index (Phi) is 2.38. The topological polar surface area (TPSA) is 56.9 Å². The molecule has 2 unspecified atom stereocenters. The van der Waals surface area contributed by atoms with Gasteiger partial charge in [-0.3, -0.25) is 10.1 Å². The zero-order valence-corrected chi connectivity index (χ0v) is 12.8. The molecule has 5 rings (SSSR count). The highest BCUT2D eigenvalue weighted by molar-refractivity contribution is 6.09. The number of nitrogens with one attached hydrogen (secondary N) is 3. The Morgan fingerprint density at radius 1 is 1.09 bits per heavy atom. The quantitative estimate of drug-likeness (QED) is 0.598. The Morgan fingerprint density at radius 2 is 1.87 bits per heavy atom. The maximum absolute atomic E-state index is 13.0. The lowest BCUT2D eigenvalue weighted by atomic mass is 9.80. The van der Waals surface area contributed by atoms with E-state index in [1.165, 1.54) is 10.9 Å². The van der Waals surface area contributed by atoms with E-state index in [1.54, 1.807) is 0 Å². The molecule has 2 aliphatic rings. The van der Waals surface area contributed by atoms with E-state index < -0.39 is 5.54 Å². The van der Waals surface area contributed by atoms with Crippen molar-refractivity contribution >= 4 is 22.5 Å². The highest BCUT2D eigenvalue weighted by Crippen LogP contribution is 2.45. The maximum Gasteiger partial charge on any atom is 0.255 e. The van der Waals surface area contributed by atoms with Gasteiger partial charge in [0.2, 0.25) is 0 Å². The van der Waals surface area contributed by atoms with Crippen LogP contribution in [0.25, 0.3) is 10.9 Å². The number of carbonyl (C=O) groups excluding carboxylic acids is 1. The summed E-state index contributed by atoms with van der Waals surface area (Å²) in [6.07, 6.45) is 0.913. The average molecular weight is 303 g/mol. The lowest BCUT2D eigenvalue weighted by molar-refractivity contribution is -0.121. The van der Waals surface area contributed by atoms with Crippen LogP contribution in [-0.2, 0) is 16.8 Å². The molecule has 114 valence electrons. The van der Waals surface area contributed by atoms with Crippen LogP contribution in [0.4, 0.5) is 5.69 Å². The van der Waals surface area contributed by atoms with Crippen molar-refractivity contribution in [2.75, 3.05) is 5.32 Å². The molecule has 4 nitrogen and oxygen atoms in total. The molecule has 3 N–H and O–H groups in total. The number of fused-ring (bicyclic) bond motifs is 6. The first-order valence-electron chi connectivity index (χ1n) is 7.99. The molecule has 1 aromatic heterocycles. The number of carbonyl (C=O) groups is 1. The van der Waals surface area contributed by atoms with Crippen molar-refractivity contribution in [3.05, 3.63) is 65.4 Å². The van der Waals surface area contributed by atoms with Gasteiger partial charge in [0.15, 0.2) is 5.54 Å². The highest BCUT2D eigenvalue weighted by atomic mass is 16.2. The zero-order valence-electron chi connectivity index (χ0n) is 12.8. The third-order valence-corrected chi connectivity index (χ3v) is 5.08. The number of aromatic nitrogens is 1. The van der Waals surface area contributed by atoms with E-state index in [0.717, 1.165) is 28.9 Å². The van der Waals surface area contributed by atoms with E-state index in [-0.39, 0.29) is 11.9 Å². The second kappa shape index (κ2) is 4.24. The molecule has 0 fully saturated rings. The first-order valence-corrected chi connectivity index (χ1v) is 7.99. The van der Waals surface area contributed by atoms with Gasteiger partial charge in [-0.25, -0.2) is 0 Å². The summed E-state index contributed by atoms with van der Waals surface area (Å²) in [7, 11) is 0. The van der Waals surface area contributed by atoms with Gasteiger partial charge >= 0.3 is 0 Å². The summed E-state index contributed by atoms with van der Waals surface area (Å²) in [4.78, 5) is 16.5. The fourth-order valence-electron chi connectivity index (χ4n) is 4.18. The normalized spacial score (nSPS) is 25.4. The summed E-state index contributed by atoms with van der Waals surface area (Å²) in [5.74, 6) is -0.00180. The minimum atomic E-state index is -0.817. The predicted octanol–water partition coefficient (Wildman–Crippen LogP) is 2.90. The zero-order chi connectivity index (χ0) is 15.6. The van der Waals surface area contributed by atoms with Crippen molar-refractivity contribution in [3.8, 4) is 0 Å². The number of H-pyrrole nitrogens is 1. The molecule has 3 heterocycles. The van der Waals surface area contributed by atoms with Crippen molar-refractivity contribution < 1.29 is 4.79 Å². The van der Waals surface area contributed by atoms with Gasteiger partial charge in [0, 0.05) is 28.2 Å². The summed E-state index contributed by atoms with van der Waals surface area (Å²) >= 11 is 0. The van der Waals surface area contributed by atoms with Crippen molar-refractivity contribution in [1.82, 2.24) is 10.3 Å². The molecule has 1 spiro atoms. The van der Waals surface area contributed by atoms with Crippen LogP contribution in [0.1, 0.15) is 23.7 Å². The SMILES string of the molecule is CC1Cc2c([nH]c3ccccc23)C2(N1)C(=O)Nc1ccccc12. The van der Waals surface area contributed by atoms with E-state index in [2.05, 4.69) is 40.7 Å². The third-order valence-electron chi connectivity index (χ3n) is 5.08. The number of hydrogen-bond donors (Lipinski definition) is 3. The standard InChI is InChI=1S/C19H17N3O/c1-11-10-13-12-6-2-4-8-15(12)20-17(13)19(22-11)14-7-3-5-9-16(14)21-18(19)23/h2-9,11,20,22H,10H2,1H3,(H,21,23). The fraction of sp³-hybridized carbons (Fsp3) is 0.211. The molecule has 0 saturated heterocycles. The van der Waals surface area contributed by atoms with E-state index in [1.807, 2.05) is 30.3 Å². The number of benzene rings is 2. The van der Waals surface area contributed by atoms with Gasteiger partial charge in [-0.1, -0.05) is 36.4 Å². The minimum absolute atomic E-state index is 0.00180. The maximum atomic E-state index is 13.0. The molecule has 0 aliphatic carbocycles. The van der Waals surface area contributed by atoms with Crippen LogP contribution in [0.15, 0.2) is 48.5 Å². The number of amides is 1. The van der Waals surface area contributed by atoms with Crippen LogP contribution in [0.5, 0.6) is 0 Å². The third kappa shape index (κ3) is 1.51. The second-order valence-corrected chi connectivity index (χ2v) is 6.52. The van der Waals surface area contributed by atoms with Gasteiger partial charge < -0.3 is 10.3 Å². The fourth-order valence-corrected chi connectivity index (χ4v) is 4.18. The molecule has 0 radical (unpaired) electrons. The monoisotopic (exact) mass is 303 g/mol. The first kappa shape index (κ1) is 12.9. The number of aromatic amines is 1. The summed E-state index contributed by atoms with van der Waals surface area (Å²) in [6.45, 7) is 2.14. The van der Waals surface area contributed by atoms with Crippen LogP contribution in [0.2, 0.25) is 0 Å². The van der Waals surface area contributed by atoms with Crippen LogP contribution >= 0.6 is 0 Å². The first-order chi connectivity index (χ1) is 11.2. The van der Waals surface area contributed by atoms with E-state index in [9.17, 15) is 4.79 Å². The Labute approximate surface area is 133 Å². The van der Waals surface area contributed by atoms with Gasteiger partial charge in [0.05, 0.1) is 5.69 Å². The van der Waals surface area contributed by atoms with Crippen molar-refractivity contribution in [1.29, 1.82) is 0 Å². The number of anilines is 1. The number of para-hydroxylation sites is 2. The molecule has 2 aliphatic heterocycles. The Balaban J connectivity index is 1.88. The van der Waals surface area contributed by atoms with Gasteiger partial charge in [-0.05, 0) is 31.0 Å². The smallest absolute Gasteiger partial charge is 0.255 e. The van der Waals surface area contributed by atoms with E-state index in [0.29, 0.717) is 0 Å². The average Bonchev–Trinajstić information content (AvgIpc) is 3.05. The summed E-state index contributed by atoms with van der Waals surface area (Å²) < 4.78 is 0. The molecule has 0 saturated carbocycles. The largest absolute Gasteiger partial charge is 0.356 e. The summed E-state index contributed by atoms with van der Waals surface area (Å²) in [5, 5.41) is 7.83. The molecule has 23 heavy (non-hydrogen) atoms. The van der Waals surface area contributed by atoms with Crippen molar-refractivity contribution in [2.24, 2.45) is 0 Å². The molecular weight excluding hydrogens is 286 g/mol.